The van der Waals surface area contributed by atoms with E-state index in [-0.39, 0.29) is 11.9 Å². The molecule has 1 fully saturated rings. The first kappa shape index (κ1) is 9.53. The highest BCUT2D eigenvalue weighted by molar-refractivity contribution is 6.31. The highest BCUT2D eigenvalue weighted by Crippen LogP contribution is 2.29. The van der Waals surface area contributed by atoms with Crippen molar-refractivity contribution in [2.75, 3.05) is 0 Å². The van der Waals surface area contributed by atoms with Crippen molar-refractivity contribution in [1.82, 2.24) is 5.32 Å². The first-order chi connectivity index (χ1) is 6.68. The lowest BCUT2D eigenvalue weighted by Crippen LogP contribution is -2.18. The molecule has 1 saturated heterocycles. The number of amides is 1. The largest absolute Gasteiger partial charge is 0.349 e. The summed E-state index contributed by atoms with van der Waals surface area (Å²) in [5.41, 5.74) is 2.21. The molecule has 0 radical (unpaired) electrons. The van der Waals surface area contributed by atoms with E-state index in [1.807, 2.05) is 25.1 Å². The molecule has 0 spiro atoms. The van der Waals surface area contributed by atoms with Crippen LogP contribution in [-0.4, -0.2) is 5.91 Å². The average molecular weight is 210 g/mol. The van der Waals surface area contributed by atoms with Crippen molar-refractivity contribution in [2.45, 2.75) is 25.8 Å². The highest BCUT2D eigenvalue weighted by Gasteiger charge is 2.23. The number of rotatable bonds is 1. The van der Waals surface area contributed by atoms with E-state index in [2.05, 4.69) is 5.32 Å². The van der Waals surface area contributed by atoms with Crippen molar-refractivity contribution in [3.8, 4) is 0 Å². The number of hydrogen-bond acceptors (Lipinski definition) is 1. The number of halogens is 1. The van der Waals surface area contributed by atoms with E-state index in [1.54, 1.807) is 0 Å². The number of carbonyl (C=O) groups is 1. The maximum Gasteiger partial charge on any atom is 0.220 e. The molecule has 1 aromatic carbocycles. The zero-order chi connectivity index (χ0) is 10.1. The van der Waals surface area contributed by atoms with Crippen molar-refractivity contribution in [2.24, 2.45) is 0 Å². The van der Waals surface area contributed by atoms with Gasteiger partial charge < -0.3 is 5.32 Å². The van der Waals surface area contributed by atoms with Gasteiger partial charge in [0.2, 0.25) is 5.91 Å². The summed E-state index contributed by atoms with van der Waals surface area (Å²) < 4.78 is 0. The normalized spacial score (nSPS) is 21.0. The zero-order valence-electron chi connectivity index (χ0n) is 8.01. The summed E-state index contributed by atoms with van der Waals surface area (Å²) in [6, 6.07) is 5.98. The van der Waals surface area contributed by atoms with Gasteiger partial charge in [-0.25, -0.2) is 0 Å². The van der Waals surface area contributed by atoms with Crippen LogP contribution in [0.3, 0.4) is 0 Å². The quantitative estimate of drug-likeness (QED) is 0.757. The van der Waals surface area contributed by atoms with Gasteiger partial charge in [0.15, 0.2) is 0 Å². The fourth-order valence-electron chi connectivity index (χ4n) is 1.85. The maximum atomic E-state index is 11.1. The van der Waals surface area contributed by atoms with Crippen LogP contribution in [0.15, 0.2) is 18.2 Å². The summed E-state index contributed by atoms with van der Waals surface area (Å²) in [5, 5.41) is 3.71. The fourth-order valence-corrected chi connectivity index (χ4v) is 2.03. The molecule has 0 aliphatic carbocycles. The van der Waals surface area contributed by atoms with E-state index in [4.69, 9.17) is 11.6 Å². The Morgan fingerprint density at radius 3 is 2.93 bits per heavy atom. The number of benzene rings is 1. The van der Waals surface area contributed by atoms with Crippen molar-refractivity contribution in [3.05, 3.63) is 34.3 Å². The number of nitrogens with one attached hydrogen (secondary N) is 1. The Bertz CT molecular complexity index is 376. The van der Waals surface area contributed by atoms with Gasteiger partial charge >= 0.3 is 0 Å². The fraction of sp³-hybridized carbons (Fsp3) is 0.364. The van der Waals surface area contributed by atoms with Crippen LogP contribution < -0.4 is 5.32 Å². The second kappa shape index (κ2) is 3.62. The smallest absolute Gasteiger partial charge is 0.220 e. The molecule has 1 heterocycles. The molecule has 74 valence electrons. The zero-order valence-corrected chi connectivity index (χ0v) is 8.77. The lowest BCUT2D eigenvalue weighted by molar-refractivity contribution is -0.119. The Balaban J connectivity index is 2.32. The summed E-state index contributed by atoms with van der Waals surface area (Å²) in [6.07, 6.45) is 1.50. The molecule has 0 aromatic heterocycles. The molecule has 2 nitrogen and oxygen atoms in total. The molecule has 1 amide bonds. The summed E-state index contributed by atoms with van der Waals surface area (Å²) in [4.78, 5) is 11.1. The molecule has 0 bridgehead atoms. The van der Waals surface area contributed by atoms with Gasteiger partial charge in [-0.2, -0.15) is 0 Å². The molecule has 1 aromatic rings. The minimum Gasteiger partial charge on any atom is -0.349 e. The molecule has 0 saturated carbocycles. The van der Waals surface area contributed by atoms with Gasteiger partial charge in [0.1, 0.15) is 0 Å². The van der Waals surface area contributed by atoms with Crippen molar-refractivity contribution >= 4 is 17.5 Å². The van der Waals surface area contributed by atoms with E-state index in [9.17, 15) is 4.79 Å². The second-order valence-corrected chi connectivity index (χ2v) is 4.02. The van der Waals surface area contributed by atoms with Crippen LogP contribution in [-0.2, 0) is 4.79 Å². The van der Waals surface area contributed by atoms with E-state index in [0.29, 0.717) is 6.42 Å². The topological polar surface area (TPSA) is 29.1 Å². The molecular weight excluding hydrogens is 198 g/mol. The monoisotopic (exact) mass is 209 g/mol. The van der Waals surface area contributed by atoms with Crippen LogP contribution in [0.25, 0.3) is 0 Å². The van der Waals surface area contributed by atoms with E-state index in [0.717, 1.165) is 22.6 Å². The van der Waals surface area contributed by atoms with Gasteiger partial charge in [0.05, 0.1) is 6.04 Å². The third kappa shape index (κ3) is 1.62. The third-order valence-electron chi connectivity index (χ3n) is 2.68. The predicted molar refractivity (Wildman–Crippen MR) is 56.3 cm³/mol. The van der Waals surface area contributed by atoms with Crippen LogP contribution in [0, 0.1) is 6.92 Å². The number of carbonyl (C=O) groups excluding carboxylic acids is 1. The van der Waals surface area contributed by atoms with Gasteiger partial charge in [-0.3, -0.25) is 4.79 Å². The molecule has 1 aliphatic rings. The van der Waals surface area contributed by atoms with Crippen molar-refractivity contribution < 1.29 is 4.79 Å². The molecule has 1 N–H and O–H groups in total. The van der Waals surface area contributed by atoms with E-state index in [1.165, 1.54) is 0 Å². The van der Waals surface area contributed by atoms with Gasteiger partial charge in [-0.15, -0.1) is 0 Å². The molecule has 14 heavy (non-hydrogen) atoms. The molecule has 2 rings (SSSR count). The predicted octanol–water partition coefficient (Wildman–Crippen LogP) is 2.60. The summed E-state index contributed by atoms with van der Waals surface area (Å²) >= 11 is 6.02. The maximum absolute atomic E-state index is 11.1. The molecule has 1 aliphatic heterocycles. The third-order valence-corrected chi connectivity index (χ3v) is 3.09. The van der Waals surface area contributed by atoms with Crippen LogP contribution in [0.4, 0.5) is 0 Å². The summed E-state index contributed by atoms with van der Waals surface area (Å²) in [5.74, 6) is 0.134. The van der Waals surface area contributed by atoms with E-state index >= 15 is 0 Å². The van der Waals surface area contributed by atoms with Gasteiger partial charge in [0, 0.05) is 11.4 Å². The standard InChI is InChI=1S/C11H12ClNO/c1-7-8(3-2-4-9(7)12)10-5-6-11(14)13-10/h2-4,10H,5-6H2,1H3,(H,13,14)/t10-/m1/s1. The average Bonchev–Trinajstić information content (AvgIpc) is 2.57. The van der Waals surface area contributed by atoms with Crippen LogP contribution >= 0.6 is 11.6 Å². The minimum absolute atomic E-state index is 0.134. The Hall–Kier alpha value is -1.02. The summed E-state index contributed by atoms with van der Waals surface area (Å²) in [7, 11) is 0. The Morgan fingerprint density at radius 1 is 1.50 bits per heavy atom. The van der Waals surface area contributed by atoms with Gasteiger partial charge in [0.25, 0.3) is 0 Å². The van der Waals surface area contributed by atoms with Crippen LogP contribution in [0.5, 0.6) is 0 Å². The minimum atomic E-state index is 0.134. The number of hydrogen-bond donors (Lipinski definition) is 1. The van der Waals surface area contributed by atoms with Crippen LogP contribution in [0.2, 0.25) is 5.02 Å². The molecular formula is C11H12ClNO. The first-order valence-corrected chi connectivity index (χ1v) is 5.10. The second-order valence-electron chi connectivity index (χ2n) is 3.61. The van der Waals surface area contributed by atoms with Crippen molar-refractivity contribution in [3.63, 3.8) is 0 Å². The first-order valence-electron chi connectivity index (χ1n) is 4.73. The molecule has 3 heteroatoms. The lowest BCUT2D eigenvalue weighted by atomic mass is 10.0. The lowest BCUT2D eigenvalue weighted by Gasteiger charge is -2.14. The molecule has 0 unspecified atom stereocenters. The Kier molecular flexibility index (Phi) is 2.46. The Labute approximate surface area is 88.3 Å². The molecule has 1 atom stereocenters. The Morgan fingerprint density at radius 2 is 2.29 bits per heavy atom. The highest BCUT2D eigenvalue weighted by atomic mass is 35.5. The summed E-state index contributed by atoms with van der Waals surface area (Å²) in [6.45, 7) is 1.99. The van der Waals surface area contributed by atoms with Crippen molar-refractivity contribution in [1.29, 1.82) is 0 Å². The van der Waals surface area contributed by atoms with Gasteiger partial charge in [-0.1, -0.05) is 23.7 Å². The van der Waals surface area contributed by atoms with Gasteiger partial charge in [-0.05, 0) is 30.5 Å². The SMILES string of the molecule is Cc1c(Cl)cccc1[C@H]1CCC(=O)N1. The van der Waals surface area contributed by atoms with E-state index < -0.39 is 0 Å². The van der Waals surface area contributed by atoms with Crippen LogP contribution in [0.1, 0.15) is 30.0 Å².